The smallest absolute Gasteiger partial charge is 0.263 e. The van der Waals surface area contributed by atoms with E-state index < -0.39 is 12.0 Å². The molecule has 0 aliphatic carbocycles. The van der Waals surface area contributed by atoms with Gasteiger partial charge in [-0.05, 0) is 30.7 Å². The molecule has 0 aliphatic rings. The molecule has 2 aromatic rings. The summed E-state index contributed by atoms with van der Waals surface area (Å²) < 4.78 is 6.40. The molecule has 6 nitrogen and oxygen atoms in total. The van der Waals surface area contributed by atoms with Crippen LogP contribution in [0.15, 0.2) is 45.9 Å². The highest BCUT2D eigenvalue weighted by Crippen LogP contribution is 2.15. The molecule has 20 heavy (non-hydrogen) atoms. The van der Waals surface area contributed by atoms with Crippen molar-refractivity contribution in [3.8, 4) is 0 Å². The first kappa shape index (κ1) is 14.1. The molecule has 0 spiro atoms. The fraction of sp³-hybridized carbons (Fsp3) is 0.286. The molecule has 0 radical (unpaired) electrons. The van der Waals surface area contributed by atoms with Gasteiger partial charge in [-0.25, -0.2) is 0 Å². The highest BCUT2D eigenvalue weighted by atomic mass is 16.4. The number of carbonyl (C=O) groups excluding carboxylic acids is 1. The molecule has 6 heteroatoms. The number of aliphatic hydroxyl groups excluding tert-OH is 1. The van der Waals surface area contributed by atoms with Crippen LogP contribution in [0.3, 0.4) is 0 Å². The van der Waals surface area contributed by atoms with Gasteiger partial charge in [-0.15, -0.1) is 0 Å². The van der Waals surface area contributed by atoms with E-state index in [1.165, 1.54) is 16.9 Å². The van der Waals surface area contributed by atoms with Gasteiger partial charge in [0.25, 0.3) is 11.5 Å². The number of aromatic nitrogens is 1. The maximum Gasteiger partial charge on any atom is 0.263 e. The molecule has 0 saturated heterocycles. The lowest BCUT2D eigenvalue weighted by molar-refractivity contribution is 0.0934. The normalized spacial score (nSPS) is 12.1. The van der Waals surface area contributed by atoms with Gasteiger partial charge in [0.1, 0.15) is 17.4 Å². The summed E-state index contributed by atoms with van der Waals surface area (Å²) >= 11 is 0. The number of nitrogens with one attached hydrogen (secondary N) is 1. The summed E-state index contributed by atoms with van der Waals surface area (Å²) in [5, 5.41) is 12.4. The van der Waals surface area contributed by atoms with E-state index >= 15 is 0 Å². The van der Waals surface area contributed by atoms with Crippen LogP contribution >= 0.6 is 0 Å². The lowest BCUT2D eigenvalue weighted by atomic mass is 10.2. The number of nitrogens with zero attached hydrogens (tertiary/aromatic N) is 1. The van der Waals surface area contributed by atoms with Gasteiger partial charge in [-0.2, -0.15) is 0 Å². The summed E-state index contributed by atoms with van der Waals surface area (Å²) in [5.74, 6) is 0.00715. The summed E-state index contributed by atoms with van der Waals surface area (Å²) in [6.07, 6.45) is 2.60. The van der Waals surface area contributed by atoms with Crippen LogP contribution in [0, 0.1) is 0 Å². The predicted octanol–water partition coefficient (Wildman–Crippen LogP) is 0.832. The van der Waals surface area contributed by atoms with Gasteiger partial charge >= 0.3 is 0 Å². The maximum absolute atomic E-state index is 11.9. The minimum Gasteiger partial charge on any atom is -0.467 e. The molecule has 0 bridgehead atoms. The van der Waals surface area contributed by atoms with Crippen molar-refractivity contribution in [3.63, 3.8) is 0 Å². The number of aryl methyl sites for hydroxylation is 1. The molecule has 2 heterocycles. The molecule has 0 fully saturated rings. The Balaban J connectivity index is 1.90. The van der Waals surface area contributed by atoms with Gasteiger partial charge in [0.05, 0.1) is 6.26 Å². The highest BCUT2D eigenvalue weighted by molar-refractivity contribution is 5.93. The van der Waals surface area contributed by atoms with Crippen LogP contribution in [0.4, 0.5) is 0 Å². The molecule has 1 amide bonds. The van der Waals surface area contributed by atoms with Crippen LogP contribution < -0.4 is 10.9 Å². The zero-order valence-corrected chi connectivity index (χ0v) is 11.1. The Morgan fingerprint density at radius 3 is 2.95 bits per heavy atom. The number of furan rings is 1. The maximum atomic E-state index is 11.9. The Morgan fingerprint density at radius 2 is 2.25 bits per heavy atom. The van der Waals surface area contributed by atoms with Crippen molar-refractivity contribution in [2.24, 2.45) is 7.05 Å². The lowest BCUT2D eigenvalue weighted by Crippen LogP contribution is -2.32. The van der Waals surface area contributed by atoms with E-state index in [4.69, 9.17) is 4.42 Å². The third-order valence-electron chi connectivity index (χ3n) is 2.94. The number of hydrogen-bond acceptors (Lipinski definition) is 4. The molecule has 0 aromatic carbocycles. The van der Waals surface area contributed by atoms with Crippen LogP contribution in [0.5, 0.6) is 0 Å². The van der Waals surface area contributed by atoms with Crippen molar-refractivity contribution in [1.82, 2.24) is 9.88 Å². The van der Waals surface area contributed by atoms with Crippen molar-refractivity contribution < 1.29 is 14.3 Å². The first-order valence-corrected chi connectivity index (χ1v) is 6.25. The van der Waals surface area contributed by atoms with Gasteiger partial charge in [0.2, 0.25) is 0 Å². The largest absolute Gasteiger partial charge is 0.467 e. The second-order valence-electron chi connectivity index (χ2n) is 4.41. The number of carbonyl (C=O) groups is 1. The van der Waals surface area contributed by atoms with Crippen LogP contribution in [-0.4, -0.2) is 22.1 Å². The SMILES string of the molecule is Cn1cccc(C(=O)NCCC(O)c2ccco2)c1=O. The van der Waals surface area contributed by atoms with Gasteiger partial charge in [0.15, 0.2) is 0 Å². The molecule has 2 N–H and O–H groups in total. The molecular formula is C14H16N2O4. The van der Waals surface area contributed by atoms with Gasteiger partial charge in [0, 0.05) is 19.8 Å². The van der Waals surface area contributed by atoms with Crippen molar-refractivity contribution in [2.75, 3.05) is 6.54 Å². The van der Waals surface area contributed by atoms with Crippen molar-refractivity contribution in [3.05, 3.63) is 58.4 Å². The van der Waals surface area contributed by atoms with E-state index in [1.807, 2.05) is 0 Å². The summed E-state index contributed by atoms with van der Waals surface area (Å²) in [6, 6.07) is 6.46. The standard InChI is InChI=1S/C14H16N2O4/c1-16-8-2-4-10(14(16)19)13(18)15-7-6-11(17)12-5-3-9-20-12/h2-5,8-9,11,17H,6-7H2,1H3,(H,15,18). The first-order chi connectivity index (χ1) is 9.59. The molecule has 2 aromatic heterocycles. The third-order valence-corrected chi connectivity index (χ3v) is 2.94. The van der Waals surface area contributed by atoms with E-state index in [0.717, 1.165) is 0 Å². The Labute approximate surface area is 115 Å². The molecule has 2 rings (SSSR count). The van der Waals surface area contributed by atoms with Crippen molar-refractivity contribution in [1.29, 1.82) is 0 Å². The van der Waals surface area contributed by atoms with Crippen LogP contribution in [0.25, 0.3) is 0 Å². The topological polar surface area (TPSA) is 84.5 Å². The van der Waals surface area contributed by atoms with Crippen molar-refractivity contribution in [2.45, 2.75) is 12.5 Å². The van der Waals surface area contributed by atoms with Gasteiger partial charge in [-0.3, -0.25) is 9.59 Å². The van der Waals surface area contributed by atoms with E-state index in [1.54, 1.807) is 31.4 Å². The predicted molar refractivity (Wildman–Crippen MR) is 72.3 cm³/mol. The molecular weight excluding hydrogens is 260 g/mol. The van der Waals surface area contributed by atoms with E-state index in [-0.39, 0.29) is 17.7 Å². The van der Waals surface area contributed by atoms with E-state index in [9.17, 15) is 14.7 Å². The minimum atomic E-state index is -0.774. The van der Waals surface area contributed by atoms with Crippen molar-refractivity contribution >= 4 is 5.91 Å². The molecule has 0 aliphatic heterocycles. The van der Waals surface area contributed by atoms with E-state index in [2.05, 4.69) is 5.32 Å². The average molecular weight is 276 g/mol. The fourth-order valence-electron chi connectivity index (χ4n) is 1.81. The fourth-order valence-corrected chi connectivity index (χ4v) is 1.81. The summed E-state index contributed by atoms with van der Waals surface area (Å²) in [7, 11) is 1.58. The Morgan fingerprint density at radius 1 is 1.45 bits per heavy atom. The first-order valence-electron chi connectivity index (χ1n) is 6.25. The Bertz CT molecular complexity index is 631. The summed E-state index contributed by atoms with van der Waals surface area (Å²) in [6.45, 7) is 0.249. The van der Waals surface area contributed by atoms with Crippen LogP contribution in [0.1, 0.15) is 28.6 Å². The number of amides is 1. The second-order valence-corrected chi connectivity index (χ2v) is 4.41. The van der Waals surface area contributed by atoms with Crippen LogP contribution in [-0.2, 0) is 7.05 Å². The molecule has 106 valence electrons. The monoisotopic (exact) mass is 276 g/mol. The van der Waals surface area contributed by atoms with Gasteiger partial charge < -0.3 is 19.4 Å². The number of pyridine rings is 1. The third kappa shape index (κ3) is 3.16. The Hall–Kier alpha value is -2.34. The van der Waals surface area contributed by atoms with E-state index in [0.29, 0.717) is 12.2 Å². The summed E-state index contributed by atoms with van der Waals surface area (Å²) in [4.78, 5) is 23.6. The molecule has 1 unspecified atom stereocenters. The zero-order valence-electron chi connectivity index (χ0n) is 11.1. The molecule has 0 saturated carbocycles. The number of hydrogen-bond donors (Lipinski definition) is 2. The average Bonchev–Trinajstić information content (AvgIpc) is 2.95. The summed E-state index contributed by atoms with van der Waals surface area (Å²) in [5.41, 5.74) is -0.265. The lowest BCUT2D eigenvalue weighted by Gasteiger charge is -2.09. The minimum absolute atomic E-state index is 0.0856. The quantitative estimate of drug-likeness (QED) is 0.847. The number of rotatable bonds is 5. The highest BCUT2D eigenvalue weighted by Gasteiger charge is 2.13. The number of aliphatic hydroxyl groups is 1. The Kier molecular flexibility index (Phi) is 4.37. The molecule has 1 atom stereocenters. The second kappa shape index (κ2) is 6.21. The van der Waals surface area contributed by atoms with Gasteiger partial charge in [-0.1, -0.05) is 0 Å². The zero-order chi connectivity index (χ0) is 14.5. The van der Waals surface area contributed by atoms with Crippen LogP contribution in [0.2, 0.25) is 0 Å².